The molecule has 1 heterocycles. The fourth-order valence-electron chi connectivity index (χ4n) is 1.74. The molecule has 0 bridgehead atoms. The van der Waals surface area contributed by atoms with E-state index in [1.54, 1.807) is 18.2 Å². The third kappa shape index (κ3) is 3.99. The average Bonchev–Trinajstić information content (AvgIpc) is 2.38. The second-order valence-corrected chi connectivity index (χ2v) is 7.15. The van der Waals surface area contributed by atoms with Gasteiger partial charge in [-0.1, -0.05) is 15.9 Å². The van der Waals surface area contributed by atoms with E-state index in [4.69, 9.17) is 0 Å². The van der Waals surface area contributed by atoms with Crippen molar-refractivity contribution in [2.75, 3.05) is 5.43 Å². The summed E-state index contributed by atoms with van der Waals surface area (Å²) >= 11 is 3.34. The first kappa shape index (κ1) is 15.9. The van der Waals surface area contributed by atoms with Crippen LogP contribution in [0, 0.1) is 20.8 Å². The van der Waals surface area contributed by atoms with Gasteiger partial charge >= 0.3 is 0 Å². The van der Waals surface area contributed by atoms with E-state index in [1.165, 1.54) is 6.07 Å². The van der Waals surface area contributed by atoms with E-state index >= 15 is 0 Å². The second-order valence-electron chi connectivity index (χ2n) is 4.62. The molecule has 2 N–H and O–H groups in total. The van der Waals surface area contributed by atoms with Crippen LogP contribution in [0.1, 0.15) is 17.0 Å². The van der Waals surface area contributed by atoms with E-state index in [1.807, 2.05) is 20.8 Å². The first-order valence-electron chi connectivity index (χ1n) is 6.14. The lowest BCUT2D eigenvalue weighted by Gasteiger charge is -2.10. The van der Waals surface area contributed by atoms with Crippen LogP contribution in [0.5, 0.6) is 0 Å². The molecule has 21 heavy (non-hydrogen) atoms. The van der Waals surface area contributed by atoms with Gasteiger partial charge in [-0.05, 0) is 50.6 Å². The lowest BCUT2D eigenvalue weighted by atomic mass is 10.2. The molecule has 0 spiro atoms. The van der Waals surface area contributed by atoms with Crippen molar-refractivity contribution in [2.24, 2.45) is 0 Å². The minimum atomic E-state index is -3.69. The number of hydrogen-bond acceptors (Lipinski definition) is 5. The van der Waals surface area contributed by atoms with Crippen LogP contribution in [0.3, 0.4) is 0 Å². The number of aryl methyl sites for hydroxylation is 3. The van der Waals surface area contributed by atoms with Gasteiger partial charge in [0, 0.05) is 15.9 Å². The highest BCUT2D eigenvalue weighted by molar-refractivity contribution is 9.10. The molecule has 0 aliphatic carbocycles. The third-order valence-electron chi connectivity index (χ3n) is 2.72. The van der Waals surface area contributed by atoms with Gasteiger partial charge in [0.25, 0.3) is 10.0 Å². The minimum Gasteiger partial charge on any atom is -0.276 e. The smallest absolute Gasteiger partial charge is 0.257 e. The van der Waals surface area contributed by atoms with Crippen molar-refractivity contribution in [2.45, 2.75) is 25.7 Å². The van der Waals surface area contributed by atoms with Crippen molar-refractivity contribution < 1.29 is 8.42 Å². The van der Waals surface area contributed by atoms with E-state index in [0.717, 1.165) is 21.4 Å². The predicted octanol–water partition coefficient (Wildman–Crippen LogP) is 2.47. The molecule has 112 valence electrons. The summed E-state index contributed by atoms with van der Waals surface area (Å²) < 4.78 is 25.2. The Morgan fingerprint density at radius 1 is 1.05 bits per heavy atom. The summed E-state index contributed by atoms with van der Waals surface area (Å²) in [5.41, 5.74) is 4.87. The zero-order valence-corrected chi connectivity index (χ0v) is 14.2. The van der Waals surface area contributed by atoms with Crippen LogP contribution < -0.4 is 10.3 Å². The molecular weight excluding hydrogens is 356 g/mol. The number of hydrogen-bond donors (Lipinski definition) is 2. The summed E-state index contributed by atoms with van der Waals surface area (Å²) in [5, 5.41) is 0. The molecule has 0 aliphatic rings. The van der Waals surface area contributed by atoms with Gasteiger partial charge in [-0.15, -0.1) is 4.83 Å². The fourth-order valence-corrected chi connectivity index (χ4v) is 2.91. The van der Waals surface area contributed by atoms with Crippen molar-refractivity contribution in [1.29, 1.82) is 0 Å². The van der Waals surface area contributed by atoms with Crippen molar-refractivity contribution in [3.63, 3.8) is 0 Å². The summed E-state index contributed by atoms with van der Waals surface area (Å²) in [7, 11) is -3.69. The second kappa shape index (κ2) is 6.08. The Kier molecular flexibility index (Phi) is 4.60. The Labute approximate surface area is 132 Å². The molecule has 2 rings (SSSR count). The molecule has 0 unspecified atom stereocenters. The van der Waals surface area contributed by atoms with Crippen molar-refractivity contribution >= 4 is 31.9 Å². The van der Waals surface area contributed by atoms with Gasteiger partial charge in [0.15, 0.2) is 0 Å². The number of sulfonamides is 1. The zero-order chi connectivity index (χ0) is 15.6. The van der Waals surface area contributed by atoms with Crippen molar-refractivity contribution in [1.82, 2.24) is 14.8 Å². The molecular formula is C13H15BrN4O2S. The molecule has 0 amide bonds. The van der Waals surface area contributed by atoms with Gasteiger partial charge in [0.05, 0.1) is 4.90 Å². The van der Waals surface area contributed by atoms with Gasteiger partial charge in [-0.25, -0.2) is 18.4 Å². The highest BCUT2D eigenvalue weighted by atomic mass is 79.9. The predicted molar refractivity (Wildman–Crippen MR) is 84.3 cm³/mol. The maximum atomic E-state index is 12.2. The lowest BCUT2D eigenvalue weighted by Crippen LogP contribution is -2.30. The number of nitrogens with zero attached hydrogens (tertiary/aromatic N) is 2. The number of rotatable bonds is 4. The largest absolute Gasteiger partial charge is 0.276 e. The van der Waals surface area contributed by atoms with Crippen LogP contribution >= 0.6 is 15.9 Å². The monoisotopic (exact) mass is 370 g/mol. The lowest BCUT2D eigenvalue weighted by molar-refractivity contribution is 0.587. The van der Waals surface area contributed by atoms with Gasteiger partial charge in [-0.2, -0.15) is 0 Å². The molecule has 6 nitrogen and oxygen atoms in total. The number of hydrazine groups is 1. The van der Waals surface area contributed by atoms with Crippen LogP contribution in [0.2, 0.25) is 0 Å². The first-order valence-corrected chi connectivity index (χ1v) is 8.42. The van der Waals surface area contributed by atoms with E-state index in [9.17, 15) is 8.42 Å². The average molecular weight is 371 g/mol. The maximum Gasteiger partial charge on any atom is 0.257 e. The summed E-state index contributed by atoms with van der Waals surface area (Å²) in [6.45, 7) is 5.45. The Morgan fingerprint density at radius 3 is 2.24 bits per heavy atom. The number of aromatic nitrogens is 2. The Balaban J connectivity index is 2.19. The molecule has 0 aliphatic heterocycles. The van der Waals surface area contributed by atoms with Crippen LogP contribution in [0.15, 0.2) is 33.6 Å². The summed E-state index contributed by atoms with van der Waals surface area (Å²) in [6, 6.07) is 6.59. The van der Waals surface area contributed by atoms with Crippen molar-refractivity contribution in [3.05, 3.63) is 45.7 Å². The zero-order valence-electron chi connectivity index (χ0n) is 11.8. The number of nitrogens with one attached hydrogen (secondary N) is 2. The molecule has 1 aromatic carbocycles. The standard InChI is InChI=1S/C13H15BrN4O2S/c1-8-6-11(4-5-12(8)14)21(19,20)18-17-13-15-9(2)7-10(3)16-13/h4-7,18H,1-3H3,(H,15,16,17). The van der Waals surface area contributed by atoms with Crippen LogP contribution in [0.4, 0.5) is 5.95 Å². The quantitative estimate of drug-likeness (QED) is 0.807. The molecule has 1 aromatic heterocycles. The normalized spacial score (nSPS) is 11.4. The van der Waals surface area contributed by atoms with E-state index in [-0.39, 0.29) is 10.8 Å². The van der Waals surface area contributed by atoms with Gasteiger partial charge in [0.1, 0.15) is 0 Å². The molecule has 8 heteroatoms. The molecule has 0 atom stereocenters. The van der Waals surface area contributed by atoms with E-state index in [0.29, 0.717) is 0 Å². The van der Waals surface area contributed by atoms with Crippen LogP contribution in [-0.4, -0.2) is 18.4 Å². The highest BCUT2D eigenvalue weighted by Gasteiger charge is 2.15. The van der Waals surface area contributed by atoms with Crippen LogP contribution in [-0.2, 0) is 10.0 Å². The molecule has 0 saturated heterocycles. The van der Waals surface area contributed by atoms with Gasteiger partial charge in [0.2, 0.25) is 5.95 Å². The maximum absolute atomic E-state index is 12.2. The Hall–Kier alpha value is -1.51. The number of anilines is 1. The Morgan fingerprint density at radius 2 is 1.67 bits per heavy atom. The summed E-state index contributed by atoms with van der Waals surface area (Å²) in [5.74, 6) is 0.213. The molecule has 0 radical (unpaired) electrons. The highest BCUT2D eigenvalue weighted by Crippen LogP contribution is 2.19. The molecule has 0 saturated carbocycles. The van der Waals surface area contributed by atoms with Gasteiger partial charge in [-0.3, -0.25) is 5.43 Å². The van der Waals surface area contributed by atoms with Crippen molar-refractivity contribution in [3.8, 4) is 0 Å². The van der Waals surface area contributed by atoms with Gasteiger partial charge < -0.3 is 0 Å². The first-order chi connectivity index (χ1) is 9.78. The molecule has 0 fully saturated rings. The van der Waals surface area contributed by atoms with Crippen LogP contribution in [0.25, 0.3) is 0 Å². The topological polar surface area (TPSA) is 84.0 Å². The number of halogens is 1. The molecule has 2 aromatic rings. The van der Waals surface area contributed by atoms with E-state index in [2.05, 4.69) is 36.2 Å². The summed E-state index contributed by atoms with van der Waals surface area (Å²) in [4.78, 5) is 10.7. The number of benzene rings is 1. The SMILES string of the molecule is Cc1cc(C)nc(NNS(=O)(=O)c2ccc(Br)c(C)c2)n1. The van der Waals surface area contributed by atoms with E-state index < -0.39 is 10.0 Å². The fraction of sp³-hybridized carbons (Fsp3) is 0.231. The minimum absolute atomic E-state index is 0.167. The third-order valence-corrected chi connectivity index (χ3v) is 4.85. The summed E-state index contributed by atoms with van der Waals surface area (Å²) in [6.07, 6.45) is 0. The Bertz CT molecular complexity index is 757.